The van der Waals surface area contributed by atoms with Gasteiger partial charge < -0.3 is 9.80 Å². The molecule has 1 saturated carbocycles. The molecule has 1 aromatic heterocycles. The van der Waals surface area contributed by atoms with Crippen molar-refractivity contribution in [3.05, 3.63) is 17.5 Å². The van der Waals surface area contributed by atoms with Crippen molar-refractivity contribution < 1.29 is 4.79 Å². The van der Waals surface area contributed by atoms with Crippen LogP contribution in [0.4, 0.5) is 0 Å². The van der Waals surface area contributed by atoms with Crippen molar-refractivity contribution in [3.63, 3.8) is 0 Å². The molecule has 1 aromatic rings. The Labute approximate surface area is 146 Å². The zero-order chi connectivity index (χ0) is 17.6. The van der Waals surface area contributed by atoms with Crippen molar-refractivity contribution in [1.29, 1.82) is 0 Å². The second-order valence-electron chi connectivity index (χ2n) is 8.72. The van der Waals surface area contributed by atoms with Gasteiger partial charge >= 0.3 is 0 Å². The third-order valence-electron chi connectivity index (χ3n) is 5.47. The summed E-state index contributed by atoms with van der Waals surface area (Å²) < 4.78 is 2.08. The van der Waals surface area contributed by atoms with E-state index in [1.54, 1.807) is 0 Å². The molecule has 2 fully saturated rings. The summed E-state index contributed by atoms with van der Waals surface area (Å²) in [5.74, 6) is 1.24. The molecule has 1 saturated heterocycles. The Hall–Kier alpha value is -1.36. The van der Waals surface area contributed by atoms with Crippen molar-refractivity contribution >= 4 is 5.91 Å². The lowest BCUT2D eigenvalue weighted by molar-refractivity contribution is 0.0773. The Morgan fingerprint density at radius 3 is 2.42 bits per heavy atom. The van der Waals surface area contributed by atoms with Crippen molar-refractivity contribution in [2.45, 2.75) is 64.5 Å². The summed E-state index contributed by atoms with van der Waals surface area (Å²) in [5, 5.41) is 4.72. The number of rotatable bonds is 4. The van der Waals surface area contributed by atoms with Crippen LogP contribution < -0.4 is 0 Å². The highest BCUT2D eigenvalue weighted by Crippen LogP contribution is 2.42. The molecule has 134 valence electrons. The van der Waals surface area contributed by atoms with E-state index in [-0.39, 0.29) is 11.4 Å². The largest absolute Gasteiger partial charge is 0.335 e. The molecular weight excluding hydrogens is 300 g/mol. The van der Waals surface area contributed by atoms with Gasteiger partial charge in [0.05, 0.1) is 5.54 Å². The van der Waals surface area contributed by atoms with Gasteiger partial charge in [0.2, 0.25) is 0 Å². The third kappa shape index (κ3) is 3.23. The number of likely N-dealkylation sites (tertiary alicyclic amines) is 1. The van der Waals surface area contributed by atoms with Gasteiger partial charge in [-0.25, -0.2) is 0 Å². The smallest absolute Gasteiger partial charge is 0.274 e. The SMILES string of the molecule is CC[C@H]1CN(C(=O)c2cc(C3CC3)n(C(C)(C)C)n2)C[C@H]1N(C)C. The number of nitrogens with zero attached hydrogens (tertiary/aromatic N) is 4. The molecule has 1 aliphatic carbocycles. The minimum Gasteiger partial charge on any atom is -0.335 e. The van der Waals surface area contributed by atoms with Crippen LogP contribution in [0.5, 0.6) is 0 Å². The summed E-state index contributed by atoms with van der Waals surface area (Å²) >= 11 is 0. The van der Waals surface area contributed by atoms with Crippen LogP contribution in [0, 0.1) is 5.92 Å². The summed E-state index contributed by atoms with van der Waals surface area (Å²) in [4.78, 5) is 17.3. The van der Waals surface area contributed by atoms with Crippen molar-refractivity contribution in [2.75, 3.05) is 27.2 Å². The van der Waals surface area contributed by atoms with E-state index in [9.17, 15) is 4.79 Å². The molecule has 5 nitrogen and oxygen atoms in total. The number of carbonyl (C=O) groups excluding carboxylic acids is 1. The molecule has 2 heterocycles. The quantitative estimate of drug-likeness (QED) is 0.851. The predicted octanol–water partition coefficient (Wildman–Crippen LogP) is 2.93. The lowest BCUT2D eigenvalue weighted by atomic mass is 10.0. The minimum atomic E-state index is -0.0837. The Morgan fingerprint density at radius 1 is 1.29 bits per heavy atom. The van der Waals surface area contributed by atoms with E-state index >= 15 is 0 Å². The summed E-state index contributed by atoms with van der Waals surface area (Å²) in [5.41, 5.74) is 1.78. The van der Waals surface area contributed by atoms with Crippen LogP contribution in [0.3, 0.4) is 0 Å². The normalized spacial score (nSPS) is 24.9. The molecule has 0 unspecified atom stereocenters. The lowest BCUT2D eigenvalue weighted by Crippen LogP contribution is -2.36. The fraction of sp³-hybridized carbons (Fsp3) is 0.789. The Morgan fingerprint density at radius 2 is 1.96 bits per heavy atom. The number of likely N-dealkylation sites (N-methyl/N-ethyl adjacent to an activating group) is 1. The summed E-state index contributed by atoms with van der Waals surface area (Å²) in [6.07, 6.45) is 3.55. The van der Waals surface area contributed by atoms with Crippen molar-refractivity contribution in [3.8, 4) is 0 Å². The standard InChI is InChI=1S/C19H32N4O/c1-7-13-11-22(12-17(13)21(5)6)18(24)15-10-16(14-8-9-14)23(20-15)19(2,3)4/h10,13-14,17H,7-9,11-12H2,1-6H3/t13-,17+/m0/s1. The molecule has 24 heavy (non-hydrogen) atoms. The van der Waals surface area contributed by atoms with E-state index in [0.29, 0.717) is 23.6 Å². The maximum atomic E-state index is 13.0. The molecule has 0 spiro atoms. The van der Waals surface area contributed by atoms with Crippen LogP contribution in [-0.2, 0) is 5.54 Å². The highest BCUT2D eigenvalue weighted by Gasteiger charge is 2.38. The number of amides is 1. The van der Waals surface area contributed by atoms with Crippen LogP contribution in [-0.4, -0.2) is 58.7 Å². The highest BCUT2D eigenvalue weighted by atomic mass is 16.2. The first-order chi connectivity index (χ1) is 11.2. The van der Waals surface area contributed by atoms with E-state index in [1.807, 2.05) is 4.90 Å². The van der Waals surface area contributed by atoms with Crippen LogP contribution in [0.15, 0.2) is 6.07 Å². The fourth-order valence-electron chi connectivity index (χ4n) is 3.88. The average Bonchev–Trinajstić information content (AvgIpc) is 3.10. The Bertz CT molecular complexity index is 609. The fourth-order valence-corrected chi connectivity index (χ4v) is 3.88. The first-order valence-corrected chi connectivity index (χ1v) is 9.28. The molecule has 3 rings (SSSR count). The predicted molar refractivity (Wildman–Crippen MR) is 96.4 cm³/mol. The molecule has 0 bridgehead atoms. The molecule has 0 N–H and O–H groups in total. The molecule has 2 atom stereocenters. The maximum Gasteiger partial charge on any atom is 0.274 e. The number of hydrogen-bond acceptors (Lipinski definition) is 3. The van der Waals surface area contributed by atoms with Crippen LogP contribution in [0.1, 0.15) is 69.1 Å². The topological polar surface area (TPSA) is 41.4 Å². The molecule has 0 radical (unpaired) electrons. The monoisotopic (exact) mass is 332 g/mol. The highest BCUT2D eigenvalue weighted by molar-refractivity contribution is 5.92. The summed E-state index contributed by atoms with van der Waals surface area (Å²) in [7, 11) is 4.22. The Balaban J connectivity index is 1.83. The number of hydrogen-bond donors (Lipinski definition) is 0. The number of aromatic nitrogens is 2. The van der Waals surface area contributed by atoms with Gasteiger partial charge in [-0.1, -0.05) is 13.3 Å². The lowest BCUT2D eigenvalue weighted by Gasteiger charge is -2.23. The second-order valence-corrected chi connectivity index (χ2v) is 8.72. The van der Waals surface area contributed by atoms with Crippen LogP contribution in [0.2, 0.25) is 0 Å². The van der Waals surface area contributed by atoms with Gasteiger partial charge in [0.1, 0.15) is 0 Å². The van der Waals surface area contributed by atoms with Gasteiger partial charge in [0, 0.05) is 30.7 Å². The first kappa shape index (κ1) is 17.5. The van der Waals surface area contributed by atoms with Gasteiger partial charge in [-0.3, -0.25) is 9.48 Å². The van der Waals surface area contributed by atoms with Gasteiger partial charge in [0.15, 0.2) is 5.69 Å². The van der Waals surface area contributed by atoms with E-state index < -0.39 is 0 Å². The average molecular weight is 332 g/mol. The molecule has 0 aromatic carbocycles. The number of carbonyl (C=O) groups is 1. The molecule has 2 aliphatic rings. The maximum absolute atomic E-state index is 13.0. The molecular formula is C19H32N4O. The van der Waals surface area contributed by atoms with E-state index in [1.165, 1.54) is 18.5 Å². The Kier molecular flexibility index (Phi) is 4.49. The molecule has 1 amide bonds. The van der Waals surface area contributed by atoms with Crippen LogP contribution in [0.25, 0.3) is 0 Å². The van der Waals surface area contributed by atoms with Crippen LogP contribution >= 0.6 is 0 Å². The van der Waals surface area contributed by atoms with E-state index in [4.69, 9.17) is 5.10 Å². The molecule has 5 heteroatoms. The second kappa shape index (κ2) is 6.17. The van der Waals surface area contributed by atoms with Gasteiger partial charge in [0.25, 0.3) is 5.91 Å². The zero-order valence-electron chi connectivity index (χ0n) is 16.0. The van der Waals surface area contributed by atoms with E-state index in [0.717, 1.165) is 19.5 Å². The summed E-state index contributed by atoms with van der Waals surface area (Å²) in [6, 6.07) is 2.50. The van der Waals surface area contributed by atoms with Crippen molar-refractivity contribution in [2.24, 2.45) is 5.92 Å². The zero-order valence-corrected chi connectivity index (χ0v) is 16.0. The summed E-state index contributed by atoms with van der Waals surface area (Å²) in [6.45, 7) is 10.3. The third-order valence-corrected chi connectivity index (χ3v) is 5.47. The minimum absolute atomic E-state index is 0.0837. The van der Waals surface area contributed by atoms with E-state index in [2.05, 4.69) is 57.4 Å². The van der Waals surface area contributed by atoms with Gasteiger partial charge in [-0.2, -0.15) is 5.10 Å². The first-order valence-electron chi connectivity index (χ1n) is 9.28. The molecule has 1 aliphatic heterocycles. The van der Waals surface area contributed by atoms with Crippen molar-refractivity contribution in [1.82, 2.24) is 19.6 Å². The van der Waals surface area contributed by atoms with Gasteiger partial charge in [-0.15, -0.1) is 0 Å². The van der Waals surface area contributed by atoms with Gasteiger partial charge in [-0.05, 0) is 59.7 Å².